The summed E-state index contributed by atoms with van der Waals surface area (Å²) < 4.78 is 95.2. The molecule has 0 aliphatic rings. The number of nitrogens with one attached hydrogen (secondary N) is 2. The topological polar surface area (TPSA) is 123 Å². The summed E-state index contributed by atoms with van der Waals surface area (Å²) in [6, 6.07) is 13.9. The van der Waals surface area contributed by atoms with E-state index in [0.29, 0.717) is 17.2 Å². The maximum absolute atomic E-state index is 14.6. The number of alkyl halides is 4. The molecular weight excluding hydrogens is 603 g/mol. The summed E-state index contributed by atoms with van der Waals surface area (Å²) in [7, 11) is -3.44. The Morgan fingerprint density at radius 2 is 1.50 bits per heavy atom. The van der Waals surface area contributed by atoms with Gasteiger partial charge in [0, 0.05) is 12.7 Å². The number of sulfone groups is 1. The zero-order valence-electron chi connectivity index (χ0n) is 23.7. The van der Waals surface area contributed by atoms with Gasteiger partial charge in [-0.25, -0.2) is 17.2 Å². The number of rotatable bonds is 10. The SMILES string of the molecule is CC(C)(F)/C=C(/N[C@@H](c1ccc(-c2ccc(S(C)(=O)=O)cc2)cc1)C(F)(F)F)C(=O)N[C@H](C#N)Cc1ccc(C#N)cc1F. The zero-order valence-corrected chi connectivity index (χ0v) is 24.5. The van der Waals surface area contributed by atoms with Crippen LogP contribution in [0.2, 0.25) is 0 Å². The average Bonchev–Trinajstić information content (AvgIpc) is 2.94. The van der Waals surface area contributed by atoms with Gasteiger partial charge < -0.3 is 10.6 Å². The summed E-state index contributed by atoms with van der Waals surface area (Å²) in [4.78, 5) is 13.2. The number of carbonyl (C=O) groups excluding carboxylic acids is 1. The smallest absolute Gasteiger partial charge is 0.366 e. The van der Waals surface area contributed by atoms with E-state index in [0.717, 1.165) is 38.3 Å². The summed E-state index contributed by atoms with van der Waals surface area (Å²) in [5.74, 6) is -2.04. The molecule has 0 aliphatic carbocycles. The molecule has 0 spiro atoms. The minimum atomic E-state index is -4.96. The van der Waals surface area contributed by atoms with Gasteiger partial charge in [0.05, 0.1) is 28.3 Å². The van der Waals surface area contributed by atoms with Gasteiger partial charge in [0.2, 0.25) is 0 Å². The van der Waals surface area contributed by atoms with E-state index in [4.69, 9.17) is 5.26 Å². The number of benzene rings is 3. The highest BCUT2D eigenvalue weighted by atomic mass is 32.2. The largest absolute Gasteiger partial charge is 0.412 e. The van der Waals surface area contributed by atoms with E-state index < -0.39 is 51.2 Å². The molecule has 0 fully saturated rings. The van der Waals surface area contributed by atoms with Crippen molar-refractivity contribution in [2.75, 3.05) is 6.26 Å². The first-order valence-electron chi connectivity index (χ1n) is 13.0. The van der Waals surface area contributed by atoms with Crippen LogP contribution in [0.5, 0.6) is 0 Å². The first-order chi connectivity index (χ1) is 20.4. The molecule has 0 heterocycles. The first kappa shape index (κ1) is 33.7. The second kappa shape index (κ2) is 13.3. The quantitative estimate of drug-likeness (QED) is 0.214. The van der Waals surface area contributed by atoms with E-state index in [1.54, 1.807) is 12.1 Å². The minimum Gasteiger partial charge on any atom is -0.366 e. The Hall–Kier alpha value is -4.75. The van der Waals surface area contributed by atoms with Gasteiger partial charge >= 0.3 is 6.18 Å². The molecule has 0 unspecified atom stereocenters. The van der Waals surface area contributed by atoms with E-state index in [-0.39, 0.29) is 28.0 Å². The van der Waals surface area contributed by atoms with Gasteiger partial charge in [-0.1, -0.05) is 42.5 Å². The van der Waals surface area contributed by atoms with Crippen LogP contribution < -0.4 is 10.6 Å². The van der Waals surface area contributed by atoms with Crippen LogP contribution in [-0.2, 0) is 21.1 Å². The third-order valence-electron chi connectivity index (χ3n) is 6.29. The molecule has 0 radical (unpaired) electrons. The lowest BCUT2D eigenvalue weighted by molar-refractivity contribution is -0.156. The molecule has 1 amide bonds. The van der Waals surface area contributed by atoms with Gasteiger partial charge in [-0.2, -0.15) is 23.7 Å². The average molecular weight is 631 g/mol. The predicted molar refractivity (Wildman–Crippen MR) is 153 cm³/mol. The molecule has 0 aromatic heterocycles. The lowest BCUT2D eigenvalue weighted by Crippen LogP contribution is -2.43. The van der Waals surface area contributed by atoms with Crippen molar-refractivity contribution in [2.24, 2.45) is 0 Å². The highest BCUT2D eigenvalue weighted by molar-refractivity contribution is 7.90. The molecule has 0 bridgehead atoms. The highest BCUT2D eigenvalue weighted by Crippen LogP contribution is 2.35. The summed E-state index contributed by atoms with van der Waals surface area (Å²) in [5, 5.41) is 22.7. The van der Waals surface area contributed by atoms with Crippen molar-refractivity contribution in [2.45, 2.75) is 49.1 Å². The van der Waals surface area contributed by atoms with Crippen LogP contribution in [0.3, 0.4) is 0 Å². The van der Waals surface area contributed by atoms with Gasteiger partial charge in [-0.3, -0.25) is 4.79 Å². The third kappa shape index (κ3) is 9.12. The Balaban J connectivity index is 1.88. The molecule has 0 saturated carbocycles. The minimum absolute atomic E-state index is 0.0273. The number of allylic oxidation sites excluding steroid dienone is 1. The molecule has 0 saturated heterocycles. The van der Waals surface area contributed by atoms with Crippen molar-refractivity contribution in [1.82, 2.24) is 10.6 Å². The maximum Gasteiger partial charge on any atom is 0.412 e. The van der Waals surface area contributed by atoms with E-state index in [2.05, 4.69) is 10.6 Å². The second-order valence-electron chi connectivity index (χ2n) is 10.4. The fourth-order valence-electron chi connectivity index (χ4n) is 4.16. The molecule has 3 aromatic carbocycles. The van der Waals surface area contributed by atoms with E-state index in [1.165, 1.54) is 48.5 Å². The standard InChI is InChI=1S/C31H27F5N4O3S/c1-30(2,33)16-27(29(41)39-24(18-38)15-23-5-4-19(17-37)14-26(23)32)40-28(31(34,35)36)22-8-6-20(7-9-22)21-10-12-25(13-11-21)44(3,42)43/h4-14,16,24,28,40H,15H2,1-3H3,(H,39,41)/b27-16+/t24-,28-/m0/s1. The molecule has 2 N–H and O–H groups in total. The summed E-state index contributed by atoms with van der Waals surface area (Å²) >= 11 is 0. The highest BCUT2D eigenvalue weighted by Gasteiger charge is 2.42. The molecular formula is C31H27F5N4O3S. The Morgan fingerprint density at radius 1 is 0.932 bits per heavy atom. The predicted octanol–water partition coefficient (Wildman–Crippen LogP) is 5.84. The van der Waals surface area contributed by atoms with Gasteiger partial charge in [-0.15, -0.1) is 0 Å². The Morgan fingerprint density at radius 3 is 1.95 bits per heavy atom. The molecule has 230 valence electrons. The summed E-state index contributed by atoms with van der Waals surface area (Å²) in [5.41, 5.74) is -2.35. The van der Waals surface area contributed by atoms with Crippen molar-refractivity contribution in [3.63, 3.8) is 0 Å². The van der Waals surface area contributed by atoms with Crippen molar-refractivity contribution in [3.8, 4) is 23.3 Å². The van der Waals surface area contributed by atoms with Crippen molar-refractivity contribution >= 4 is 15.7 Å². The molecule has 0 aliphatic heterocycles. The monoisotopic (exact) mass is 630 g/mol. The van der Waals surface area contributed by atoms with Crippen LogP contribution in [0.1, 0.15) is 36.6 Å². The van der Waals surface area contributed by atoms with Crippen molar-refractivity contribution in [3.05, 3.63) is 101 Å². The van der Waals surface area contributed by atoms with Crippen LogP contribution in [0.4, 0.5) is 22.0 Å². The fourth-order valence-corrected chi connectivity index (χ4v) is 4.79. The third-order valence-corrected chi connectivity index (χ3v) is 7.42. The number of hydrogen-bond donors (Lipinski definition) is 2. The molecule has 13 heteroatoms. The fraction of sp³-hybridized carbons (Fsp3) is 0.258. The Bertz CT molecular complexity index is 1730. The molecule has 3 rings (SSSR count). The Labute approximate surface area is 251 Å². The molecule has 3 aromatic rings. The van der Waals surface area contributed by atoms with Crippen molar-refractivity contribution in [1.29, 1.82) is 10.5 Å². The summed E-state index contributed by atoms with van der Waals surface area (Å²) in [6.45, 7) is 2.03. The number of hydrogen-bond acceptors (Lipinski definition) is 6. The van der Waals surface area contributed by atoms with E-state index in [1.807, 2.05) is 0 Å². The number of carbonyl (C=O) groups is 1. The maximum atomic E-state index is 14.6. The van der Waals surface area contributed by atoms with Crippen molar-refractivity contribution < 1.29 is 35.2 Å². The Kier molecular flexibility index (Phi) is 10.2. The van der Waals surface area contributed by atoms with E-state index in [9.17, 15) is 40.4 Å². The van der Waals surface area contributed by atoms with Crippen LogP contribution >= 0.6 is 0 Å². The molecule has 7 nitrogen and oxygen atoms in total. The van der Waals surface area contributed by atoms with Gasteiger partial charge in [0.25, 0.3) is 5.91 Å². The van der Waals surface area contributed by atoms with Gasteiger partial charge in [-0.05, 0) is 66.4 Å². The van der Waals surface area contributed by atoms with Crippen LogP contribution in [0.25, 0.3) is 11.1 Å². The van der Waals surface area contributed by atoms with Gasteiger partial charge in [0.1, 0.15) is 23.6 Å². The van der Waals surface area contributed by atoms with Crippen LogP contribution in [-0.4, -0.2) is 38.5 Å². The number of halogens is 5. The number of nitrogens with zero attached hydrogens (tertiary/aromatic N) is 2. The van der Waals surface area contributed by atoms with Crippen LogP contribution in [0.15, 0.2) is 83.4 Å². The lowest BCUT2D eigenvalue weighted by Gasteiger charge is -2.26. The molecule has 44 heavy (non-hydrogen) atoms. The summed E-state index contributed by atoms with van der Waals surface area (Å²) in [6.07, 6.45) is -3.64. The molecule has 2 atom stereocenters. The van der Waals surface area contributed by atoms with E-state index >= 15 is 0 Å². The first-order valence-corrected chi connectivity index (χ1v) is 14.8. The number of nitriles is 2. The second-order valence-corrected chi connectivity index (χ2v) is 12.5. The lowest BCUT2D eigenvalue weighted by atomic mass is 9.99. The number of amides is 1. The normalized spacial score (nSPS) is 13.7. The van der Waals surface area contributed by atoms with Crippen LogP contribution in [0, 0.1) is 28.5 Å². The van der Waals surface area contributed by atoms with Gasteiger partial charge in [0.15, 0.2) is 9.84 Å². The zero-order chi connectivity index (χ0) is 32.9.